The van der Waals surface area contributed by atoms with E-state index in [0.29, 0.717) is 28.6 Å². The van der Waals surface area contributed by atoms with Gasteiger partial charge in [0.1, 0.15) is 18.1 Å². The van der Waals surface area contributed by atoms with Crippen LogP contribution in [-0.4, -0.2) is 31.3 Å². The molecule has 1 amide bonds. The van der Waals surface area contributed by atoms with Crippen LogP contribution in [0.4, 0.5) is 5.69 Å². The van der Waals surface area contributed by atoms with E-state index in [1.165, 1.54) is 0 Å². The van der Waals surface area contributed by atoms with Crippen LogP contribution in [0.15, 0.2) is 42.5 Å². The molecule has 0 radical (unpaired) electrons. The van der Waals surface area contributed by atoms with Gasteiger partial charge in [-0.3, -0.25) is 4.79 Å². The topological polar surface area (TPSA) is 56.8 Å². The van der Waals surface area contributed by atoms with Crippen molar-refractivity contribution in [2.45, 2.75) is 38.9 Å². The van der Waals surface area contributed by atoms with Crippen molar-refractivity contribution >= 4 is 23.2 Å². The fourth-order valence-corrected chi connectivity index (χ4v) is 3.02. The minimum Gasteiger partial charge on any atom is -0.491 e. The van der Waals surface area contributed by atoms with Crippen LogP contribution >= 0.6 is 11.6 Å². The van der Waals surface area contributed by atoms with Gasteiger partial charge < -0.3 is 19.5 Å². The van der Waals surface area contributed by atoms with Gasteiger partial charge in [-0.1, -0.05) is 11.6 Å². The number of halogens is 1. The summed E-state index contributed by atoms with van der Waals surface area (Å²) >= 11 is 6.21. The first kappa shape index (κ1) is 19.5. The molecule has 1 heterocycles. The molecule has 6 heteroatoms. The quantitative estimate of drug-likeness (QED) is 0.728. The lowest BCUT2D eigenvalue weighted by molar-refractivity contribution is 0.0679. The van der Waals surface area contributed by atoms with Gasteiger partial charge in [-0.2, -0.15) is 0 Å². The highest BCUT2D eigenvalue weighted by Crippen LogP contribution is 2.28. The standard InChI is InChI=1S/C21H24ClNO4/c1-14(2)27-20-10-7-16(12-19(20)22)23-21(24)15-5-8-17(9-6-15)26-13-18-4-3-11-25-18/h5-10,12,14,18H,3-4,11,13H2,1-2H3,(H,23,24). The largest absolute Gasteiger partial charge is 0.491 e. The molecule has 2 aromatic rings. The molecule has 1 aliphatic heterocycles. The van der Waals surface area contributed by atoms with Crippen molar-refractivity contribution < 1.29 is 19.0 Å². The minimum atomic E-state index is -0.214. The fraction of sp³-hybridized carbons (Fsp3) is 0.381. The molecule has 1 saturated heterocycles. The Labute approximate surface area is 164 Å². The molecule has 2 aromatic carbocycles. The van der Waals surface area contributed by atoms with Gasteiger partial charge in [0.05, 0.1) is 17.2 Å². The second-order valence-corrected chi connectivity index (χ2v) is 7.14. The lowest BCUT2D eigenvalue weighted by Gasteiger charge is -2.13. The third-order valence-corrected chi connectivity index (χ3v) is 4.42. The number of nitrogens with one attached hydrogen (secondary N) is 1. The van der Waals surface area contributed by atoms with Crippen molar-refractivity contribution in [2.24, 2.45) is 0 Å². The maximum Gasteiger partial charge on any atom is 0.255 e. The molecule has 1 unspecified atom stereocenters. The number of carbonyl (C=O) groups excluding carboxylic acids is 1. The molecule has 0 aromatic heterocycles. The molecule has 144 valence electrons. The SMILES string of the molecule is CC(C)Oc1ccc(NC(=O)c2ccc(OCC3CCCO3)cc2)cc1Cl. The lowest BCUT2D eigenvalue weighted by Crippen LogP contribution is -2.16. The maximum atomic E-state index is 12.4. The molecular formula is C21H24ClNO4. The highest BCUT2D eigenvalue weighted by molar-refractivity contribution is 6.32. The number of hydrogen-bond donors (Lipinski definition) is 1. The number of hydrogen-bond acceptors (Lipinski definition) is 4. The van der Waals surface area contributed by atoms with E-state index in [-0.39, 0.29) is 18.1 Å². The van der Waals surface area contributed by atoms with Crippen molar-refractivity contribution in [3.63, 3.8) is 0 Å². The predicted octanol–water partition coefficient (Wildman–Crippen LogP) is 4.94. The van der Waals surface area contributed by atoms with Gasteiger partial charge in [0.15, 0.2) is 0 Å². The number of benzene rings is 2. The third kappa shape index (κ3) is 5.62. The molecule has 27 heavy (non-hydrogen) atoms. The van der Waals surface area contributed by atoms with Crippen LogP contribution in [0, 0.1) is 0 Å². The van der Waals surface area contributed by atoms with E-state index in [1.54, 1.807) is 42.5 Å². The van der Waals surface area contributed by atoms with Gasteiger partial charge in [-0.25, -0.2) is 0 Å². The summed E-state index contributed by atoms with van der Waals surface area (Å²) in [5, 5.41) is 3.29. The molecule has 1 N–H and O–H groups in total. The third-order valence-electron chi connectivity index (χ3n) is 4.13. The molecule has 3 rings (SSSR count). The Morgan fingerprint density at radius 2 is 2.04 bits per heavy atom. The summed E-state index contributed by atoms with van der Waals surface area (Å²) in [6.45, 7) is 5.21. The predicted molar refractivity (Wildman–Crippen MR) is 106 cm³/mol. The van der Waals surface area contributed by atoms with Gasteiger partial charge in [0.2, 0.25) is 0 Å². The van der Waals surface area contributed by atoms with Gasteiger partial charge in [0, 0.05) is 17.9 Å². The van der Waals surface area contributed by atoms with E-state index < -0.39 is 0 Å². The second kappa shape index (κ2) is 9.11. The summed E-state index contributed by atoms with van der Waals surface area (Å²) < 4.78 is 16.8. The zero-order chi connectivity index (χ0) is 19.2. The van der Waals surface area contributed by atoms with E-state index in [0.717, 1.165) is 25.2 Å². The van der Waals surface area contributed by atoms with Crippen molar-refractivity contribution in [3.05, 3.63) is 53.1 Å². The van der Waals surface area contributed by atoms with Crippen LogP contribution in [0.1, 0.15) is 37.0 Å². The summed E-state index contributed by atoms with van der Waals surface area (Å²) in [4.78, 5) is 12.4. The number of carbonyl (C=O) groups is 1. The Balaban J connectivity index is 1.56. The first-order chi connectivity index (χ1) is 13.0. The maximum absolute atomic E-state index is 12.4. The first-order valence-electron chi connectivity index (χ1n) is 9.13. The van der Waals surface area contributed by atoms with Crippen LogP contribution in [0.25, 0.3) is 0 Å². The Morgan fingerprint density at radius 3 is 2.67 bits per heavy atom. The fourth-order valence-electron chi connectivity index (χ4n) is 2.80. The van der Waals surface area contributed by atoms with E-state index in [1.807, 2.05) is 13.8 Å². The Bertz CT molecular complexity index is 770. The molecule has 1 fully saturated rings. The van der Waals surface area contributed by atoms with Crippen LogP contribution in [-0.2, 0) is 4.74 Å². The Kier molecular flexibility index (Phi) is 6.58. The van der Waals surface area contributed by atoms with Gasteiger partial charge in [0.25, 0.3) is 5.91 Å². The normalized spacial score (nSPS) is 16.4. The number of anilines is 1. The number of ether oxygens (including phenoxy) is 3. The summed E-state index contributed by atoms with van der Waals surface area (Å²) in [6, 6.07) is 12.2. The molecule has 1 aliphatic rings. The minimum absolute atomic E-state index is 0.0314. The molecule has 5 nitrogen and oxygen atoms in total. The Morgan fingerprint density at radius 1 is 1.26 bits per heavy atom. The van der Waals surface area contributed by atoms with Crippen molar-refractivity contribution in [3.8, 4) is 11.5 Å². The summed E-state index contributed by atoms with van der Waals surface area (Å²) in [5.41, 5.74) is 1.15. The van der Waals surface area contributed by atoms with Crippen molar-refractivity contribution in [1.82, 2.24) is 0 Å². The van der Waals surface area contributed by atoms with E-state index >= 15 is 0 Å². The number of amides is 1. The average Bonchev–Trinajstić information content (AvgIpc) is 3.16. The number of rotatable bonds is 7. The molecule has 0 bridgehead atoms. The van der Waals surface area contributed by atoms with Gasteiger partial charge >= 0.3 is 0 Å². The monoisotopic (exact) mass is 389 g/mol. The molecule has 1 atom stereocenters. The highest BCUT2D eigenvalue weighted by Gasteiger charge is 2.16. The zero-order valence-corrected chi connectivity index (χ0v) is 16.3. The highest BCUT2D eigenvalue weighted by atomic mass is 35.5. The summed E-state index contributed by atoms with van der Waals surface area (Å²) in [6.07, 6.45) is 2.32. The second-order valence-electron chi connectivity index (χ2n) is 6.74. The Hall–Kier alpha value is -2.24. The van der Waals surface area contributed by atoms with Crippen molar-refractivity contribution in [1.29, 1.82) is 0 Å². The van der Waals surface area contributed by atoms with E-state index in [9.17, 15) is 4.79 Å². The van der Waals surface area contributed by atoms with Crippen molar-refractivity contribution in [2.75, 3.05) is 18.5 Å². The first-order valence-corrected chi connectivity index (χ1v) is 9.51. The van der Waals surface area contributed by atoms with E-state index in [2.05, 4.69) is 5.32 Å². The van der Waals surface area contributed by atoms with Crippen LogP contribution in [0.2, 0.25) is 5.02 Å². The van der Waals surface area contributed by atoms with Crippen LogP contribution < -0.4 is 14.8 Å². The van der Waals surface area contributed by atoms with Crippen LogP contribution in [0.5, 0.6) is 11.5 Å². The summed E-state index contributed by atoms with van der Waals surface area (Å²) in [5.74, 6) is 1.10. The molecular weight excluding hydrogens is 366 g/mol. The zero-order valence-electron chi connectivity index (χ0n) is 15.5. The van der Waals surface area contributed by atoms with Crippen LogP contribution in [0.3, 0.4) is 0 Å². The average molecular weight is 390 g/mol. The van der Waals surface area contributed by atoms with Gasteiger partial charge in [-0.05, 0) is 69.2 Å². The summed E-state index contributed by atoms with van der Waals surface area (Å²) in [7, 11) is 0. The van der Waals surface area contributed by atoms with E-state index in [4.69, 9.17) is 25.8 Å². The lowest BCUT2D eigenvalue weighted by atomic mass is 10.2. The molecule has 0 spiro atoms. The molecule has 0 aliphatic carbocycles. The smallest absolute Gasteiger partial charge is 0.255 e. The molecule has 0 saturated carbocycles. The van der Waals surface area contributed by atoms with Gasteiger partial charge in [-0.15, -0.1) is 0 Å².